The molecule has 1 saturated heterocycles. The lowest BCUT2D eigenvalue weighted by Gasteiger charge is -2.34. The summed E-state index contributed by atoms with van der Waals surface area (Å²) in [5.41, 5.74) is 1.39. The van der Waals surface area contributed by atoms with Crippen LogP contribution in [0.1, 0.15) is 12.5 Å². The third-order valence-electron chi connectivity index (χ3n) is 3.68. The van der Waals surface area contributed by atoms with Crippen LogP contribution >= 0.6 is 24.8 Å². The molecule has 0 radical (unpaired) electrons. The maximum atomic E-state index is 11.4. The molecule has 0 amide bonds. The van der Waals surface area contributed by atoms with Crippen molar-refractivity contribution >= 4 is 30.8 Å². The van der Waals surface area contributed by atoms with Crippen LogP contribution in [-0.4, -0.2) is 61.6 Å². The maximum Gasteiger partial charge on any atom is 0.320 e. The zero-order chi connectivity index (χ0) is 14.2. The first kappa shape index (κ1) is 21.2. The summed E-state index contributed by atoms with van der Waals surface area (Å²) in [6.07, 6.45) is 1.10. The van der Waals surface area contributed by atoms with Gasteiger partial charge in [0.25, 0.3) is 0 Å². The minimum atomic E-state index is -0.106. The first-order chi connectivity index (χ1) is 9.78. The third-order valence-corrected chi connectivity index (χ3v) is 3.68. The quantitative estimate of drug-likeness (QED) is 0.738. The fourth-order valence-corrected chi connectivity index (χ4v) is 2.49. The Balaban J connectivity index is 0.00000220. The van der Waals surface area contributed by atoms with Crippen molar-refractivity contribution in [2.24, 2.45) is 0 Å². The SMILES string of the molecule is CCOC(=O)CN1CCN(CCc2ccccc2)CC1.Cl.Cl. The Bertz CT molecular complexity index is 410. The van der Waals surface area contributed by atoms with Crippen molar-refractivity contribution in [2.75, 3.05) is 45.9 Å². The smallest absolute Gasteiger partial charge is 0.320 e. The van der Waals surface area contributed by atoms with E-state index in [9.17, 15) is 4.79 Å². The standard InChI is InChI=1S/C16H24N2O2.2ClH/c1-2-20-16(19)14-18-12-10-17(11-13-18)9-8-15-6-4-3-5-7-15;;/h3-7H,2,8-14H2,1H3;2*1H. The summed E-state index contributed by atoms with van der Waals surface area (Å²) in [7, 11) is 0. The second-order valence-electron chi connectivity index (χ2n) is 5.16. The van der Waals surface area contributed by atoms with Crippen molar-refractivity contribution in [1.82, 2.24) is 9.80 Å². The number of piperazine rings is 1. The average molecular weight is 349 g/mol. The van der Waals surface area contributed by atoms with E-state index < -0.39 is 0 Å². The number of benzene rings is 1. The maximum absolute atomic E-state index is 11.4. The highest BCUT2D eigenvalue weighted by Crippen LogP contribution is 2.05. The number of ether oxygens (including phenoxy) is 1. The lowest BCUT2D eigenvalue weighted by Crippen LogP contribution is -2.48. The van der Waals surface area contributed by atoms with Gasteiger partial charge in [0.2, 0.25) is 0 Å². The van der Waals surface area contributed by atoms with Crippen LogP contribution in [0.2, 0.25) is 0 Å². The Morgan fingerprint density at radius 2 is 1.64 bits per heavy atom. The average Bonchev–Trinajstić information content (AvgIpc) is 2.48. The van der Waals surface area contributed by atoms with Crippen LogP contribution < -0.4 is 0 Å². The van der Waals surface area contributed by atoms with Crippen LogP contribution in [0.15, 0.2) is 30.3 Å². The van der Waals surface area contributed by atoms with Gasteiger partial charge in [-0.3, -0.25) is 9.69 Å². The van der Waals surface area contributed by atoms with E-state index in [1.807, 2.05) is 6.92 Å². The Labute approximate surface area is 145 Å². The molecule has 1 aromatic rings. The molecule has 2 rings (SSSR count). The molecule has 0 unspecified atom stereocenters. The molecule has 22 heavy (non-hydrogen) atoms. The van der Waals surface area contributed by atoms with Crippen LogP contribution in [0.5, 0.6) is 0 Å². The minimum Gasteiger partial charge on any atom is -0.465 e. The molecular formula is C16H26Cl2N2O2. The molecule has 0 saturated carbocycles. The number of nitrogens with zero attached hydrogens (tertiary/aromatic N) is 2. The molecule has 0 spiro atoms. The van der Waals surface area contributed by atoms with Gasteiger partial charge in [0.05, 0.1) is 13.2 Å². The van der Waals surface area contributed by atoms with Gasteiger partial charge in [-0.15, -0.1) is 24.8 Å². The molecule has 0 aromatic heterocycles. The van der Waals surface area contributed by atoms with Gasteiger partial charge >= 0.3 is 5.97 Å². The summed E-state index contributed by atoms with van der Waals surface area (Å²) in [5.74, 6) is -0.106. The summed E-state index contributed by atoms with van der Waals surface area (Å²) in [6.45, 7) is 7.81. The van der Waals surface area contributed by atoms with Crippen molar-refractivity contribution in [3.05, 3.63) is 35.9 Å². The topological polar surface area (TPSA) is 32.8 Å². The molecule has 0 atom stereocenters. The summed E-state index contributed by atoms with van der Waals surface area (Å²) >= 11 is 0. The van der Waals surface area contributed by atoms with Gasteiger partial charge in [0.15, 0.2) is 0 Å². The summed E-state index contributed by atoms with van der Waals surface area (Å²) < 4.78 is 4.98. The summed E-state index contributed by atoms with van der Waals surface area (Å²) in [4.78, 5) is 16.1. The number of esters is 1. The van der Waals surface area contributed by atoms with Gasteiger partial charge in [0, 0.05) is 32.7 Å². The first-order valence-corrected chi connectivity index (χ1v) is 7.42. The van der Waals surface area contributed by atoms with E-state index in [1.165, 1.54) is 5.56 Å². The van der Waals surface area contributed by atoms with Gasteiger partial charge in [-0.05, 0) is 18.9 Å². The Morgan fingerprint density at radius 1 is 1.05 bits per heavy atom. The lowest BCUT2D eigenvalue weighted by molar-refractivity contribution is -0.144. The van der Waals surface area contributed by atoms with Gasteiger partial charge in [-0.2, -0.15) is 0 Å². The molecule has 6 heteroatoms. The first-order valence-electron chi connectivity index (χ1n) is 7.42. The largest absolute Gasteiger partial charge is 0.465 e. The predicted octanol–water partition coefficient (Wildman–Crippen LogP) is 2.25. The van der Waals surface area contributed by atoms with Gasteiger partial charge in [-0.1, -0.05) is 30.3 Å². The van der Waals surface area contributed by atoms with Crippen molar-refractivity contribution < 1.29 is 9.53 Å². The zero-order valence-electron chi connectivity index (χ0n) is 13.1. The molecule has 0 aliphatic carbocycles. The third kappa shape index (κ3) is 7.45. The predicted molar refractivity (Wildman–Crippen MR) is 94.2 cm³/mol. The van der Waals surface area contributed by atoms with Crippen LogP contribution in [0, 0.1) is 0 Å². The number of halogens is 2. The van der Waals surface area contributed by atoms with E-state index in [-0.39, 0.29) is 30.8 Å². The van der Waals surface area contributed by atoms with Crippen LogP contribution in [0.3, 0.4) is 0 Å². The van der Waals surface area contributed by atoms with E-state index in [0.29, 0.717) is 13.2 Å². The molecular weight excluding hydrogens is 323 g/mol. The highest BCUT2D eigenvalue weighted by molar-refractivity contribution is 5.85. The minimum absolute atomic E-state index is 0. The second-order valence-corrected chi connectivity index (χ2v) is 5.16. The molecule has 0 bridgehead atoms. The van der Waals surface area contributed by atoms with E-state index in [0.717, 1.165) is 39.1 Å². The normalized spacial score (nSPS) is 15.5. The molecule has 4 nitrogen and oxygen atoms in total. The number of rotatable bonds is 6. The molecule has 1 fully saturated rings. The van der Waals surface area contributed by atoms with Gasteiger partial charge in [0.1, 0.15) is 0 Å². The zero-order valence-corrected chi connectivity index (χ0v) is 14.7. The van der Waals surface area contributed by atoms with E-state index in [1.54, 1.807) is 0 Å². The number of hydrogen-bond acceptors (Lipinski definition) is 4. The summed E-state index contributed by atoms with van der Waals surface area (Å²) in [5, 5.41) is 0. The molecule has 1 heterocycles. The van der Waals surface area contributed by atoms with Crippen molar-refractivity contribution in [3.63, 3.8) is 0 Å². The number of hydrogen-bond donors (Lipinski definition) is 0. The monoisotopic (exact) mass is 348 g/mol. The van der Waals surface area contributed by atoms with E-state index in [4.69, 9.17) is 4.74 Å². The van der Waals surface area contributed by atoms with E-state index >= 15 is 0 Å². The highest BCUT2D eigenvalue weighted by Gasteiger charge is 2.18. The Kier molecular flexibility index (Phi) is 11.3. The van der Waals surface area contributed by atoms with Crippen LogP contribution in [0.4, 0.5) is 0 Å². The Morgan fingerprint density at radius 3 is 2.23 bits per heavy atom. The van der Waals surface area contributed by atoms with Crippen LogP contribution in [-0.2, 0) is 16.0 Å². The number of carbonyl (C=O) groups excluding carboxylic acids is 1. The lowest BCUT2D eigenvalue weighted by atomic mass is 10.1. The second kappa shape index (κ2) is 11.7. The van der Waals surface area contributed by atoms with E-state index in [2.05, 4.69) is 40.1 Å². The molecule has 0 N–H and O–H groups in total. The molecule has 1 aromatic carbocycles. The van der Waals surface area contributed by atoms with Crippen molar-refractivity contribution in [3.8, 4) is 0 Å². The number of carbonyl (C=O) groups is 1. The summed E-state index contributed by atoms with van der Waals surface area (Å²) in [6, 6.07) is 10.6. The fraction of sp³-hybridized carbons (Fsp3) is 0.562. The molecule has 126 valence electrons. The van der Waals surface area contributed by atoms with Crippen molar-refractivity contribution in [1.29, 1.82) is 0 Å². The van der Waals surface area contributed by atoms with Crippen LogP contribution in [0.25, 0.3) is 0 Å². The van der Waals surface area contributed by atoms with Gasteiger partial charge < -0.3 is 9.64 Å². The molecule has 1 aliphatic heterocycles. The van der Waals surface area contributed by atoms with Crippen molar-refractivity contribution in [2.45, 2.75) is 13.3 Å². The highest BCUT2D eigenvalue weighted by atomic mass is 35.5. The fourth-order valence-electron chi connectivity index (χ4n) is 2.49. The van der Waals surface area contributed by atoms with Gasteiger partial charge in [-0.25, -0.2) is 0 Å². The molecule has 1 aliphatic rings. The Hall–Kier alpha value is -0.810.